The van der Waals surface area contributed by atoms with Gasteiger partial charge in [-0.15, -0.1) is 5.10 Å². The zero-order chi connectivity index (χ0) is 18.9. The Labute approximate surface area is 157 Å². The van der Waals surface area contributed by atoms with Gasteiger partial charge in [-0.3, -0.25) is 0 Å². The number of halogens is 1. The lowest BCUT2D eigenvalue weighted by molar-refractivity contribution is 0.599. The van der Waals surface area contributed by atoms with Gasteiger partial charge in [0, 0.05) is 5.02 Å². The molecule has 3 rings (SSSR count). The van der Waals surface area contributed by atoms with Crippen molar-refractivity contribution in [3.8, 4) is 0 Å². The minimum Gasteiger partial charge on any atom is -0.246 e. The van der Waals surface area contributed by atoms with Crippen LogP contribution in [0.1, 0.15) is 22.3 Å². The van der Waals surface area contributed by atoms with Gasteiger partial charge in [-0.25, -0.2) is 17.8 Å². The summed E-state index contributed by atoms with van der Waals surface area (Å²) in [6.45, 7) is 5.93. The zero-order valence-electron chi connectivity index (χ0n) is 14.7. The Morgan fingerprint density at radius 1 is 1.12 bits per heavy atom. The van der Waals surface area contributed by atoms with Crippen LogP contribution in [0.2, 0.25) is 5.02 Å². The summed E-state index contributed by atoms with van der Waals surface area (Å²) in [4.78, 5) is 4.31. The predicted octanol–water partition coefficient (Wildman–Crippen LogP) is 3.71. The minimum absolute atomic E-state index is 0.0337. The van der Waals surface area contributed by atoms with E-state index < -0.39 is 10.0 Å². The van der Waals surface area contributed by atoms with E-state index in [1.165, 1.54) is 6.33 Å². The highest BCUT2D eigenvalue weighted by atomic mass is 35.5. The molecule has 1 aromatic heterocycles. The molecule has 0 saturated heterocycles. The first-order valence-electron chi connectivity index (χ1n) is 7.99. The fourth-order valence-corrected chi connectivity index (χ4v) is 4.62. The van der Waals surface area contributed by atoms with Crippen molar-refractivity contribution in [2.75, 3.05) is 4.72 Å². The van der Waals surface area contributed by atoms with Crippen molar-refractivity contribution in [3.63, 3.8) is 0 Å². The second-order valence-electron chi connectivity index (χ2n) is 6.23. The first-order valence-corrected chi connectivity index (χ1v) is 9.85. The molecule has 1 N–H and O–H groups in total. The molecule has 6 nitrogen and oxygen atoms in total. The molecule has 26 heavy (non-hydrogen) atoms. The third kappa shape index (κ3) is 4.05. The van der Waals surface area contributed by atoms with Crippen molar-refractivity contribution < 1.29 is 8.42 Å². The van der Waals surface area contributed by atoms with E-state index in [-0.39, 0.29) is 10.8 Å². The van der Waals surface area contributed by atoms with Gasteiger partial charge in [-0.1, -0.05) is 41.4 Å². The average Bonchev–Trinajstić information content (AvgIpc) is 2.91. The molecule has 8 heteroatoms. The van der Waals surface area contributed by atoms with Crippen LogP contribution in [-0.2, 0) is 16.6 Å². The van der Waals surface area contributed by atoms with E-state index in [2.05, 4.69) is 14.8 Å². The molecule has 0 saturated carbocycles. The van der Waals surface area contributed by atoms with Crippen LogP contribution in [0.25, 0.3) is 0 Å². The number of anilines is 1. The Kier molecular flexibility index (Phi) is 5.02. The number of hydrogen-bond acceptors (Lipinski definition) is 4. The monoisotopic (exact) mass is 390 g/mol. The third-order valence-corrected chi connectivity index (χ3v) is 5.74. The van der Waals surface area contributed by atoms with Gasteiger partial charge in [0.25, 0.3) is 16.0 Å². The van der Waals surface area contributed by atoms with Gasteiger partial charge in [0.2, 0.25) is 0 Å². The summed E-state index contributed by atoms with van der Waals surface area (Å²) in [5.74, 6) is 0.0337. The summed E-state index contributed by atoms with van der Waals surface area (Å²) >= 11 is 5.97. The van der Waals surface area contributed by atoms with E-state index in [4.69, 9.17) is 11.6 Å². The molecular weight excluding hydrogens is 372 g/mol. The number of aromatic nitrogens is 3. The Bertz CT molecular complexity index is 1040. The predicted molar refractivity (Wildman–Crippen MR) is 102 cm³/mol. The summed E-state index contributed by atoms with van der Waals surface area (Å²) in [5, 5.41) is 4.83. The number of rotatable bonds is 5. The molecular formula is C18H19ClN4O2S. The molecule has 0 aliphatic heterocycles. The van der Waals surface area contributed by atoms with Crippen molar-refractivity contribution >= 4 is 27.6 Å². The molecule has 0 bridgehead atoms. The molecule has 136 valence electrons. The van der Waals surface area contributed by atoms with Crippen LogP contribution >= 0.6 is 11.6 Å². The van der Waals surface area contributed by atoms with Gasteiger partial charge in [-0.05, 0) is 49.6 Å². The van der Waals surface area contributed by atoms with Crippen molar-refractivity contribution in [2.24, 2.45) is 0 Å². The minimum atomic E-state index is -3.77. The second kappa shape index (κ2) is 7.09. The number of nitrogens with zero attached hydrogens (tertiary/aromatic N) is 3. The largest absolute Gasteiger partial charge is 0.264 e. The number of sulfonamides is 1. The van der Waals surface area contributed by atoms with E-state index in [0.717, 1.165) is 11.1 Å². The van der Waals surface area contributed by atoms with Crippen LogP contribution < -0.4 is 4.72 Å². The molecule has 0 atom stereocenters. The molecule has 2 aromatic carbocycles. The van der Waals surface area contributed by atoms with Crippen molar-refractivity contribution in [2.45, 2.75) is 32.2 Å². The van der Waals surface area contributed by atoms with Crippen LogP contribution in [0.15, 0.2) is 47.6 Å². The number of aryl methyl sites for hydroxylation is 3. The fourth-order valence-electron chi connectivity index (χ4n) is 3.00. The summed E-state index contributed by atoms with van der Waals surface area (Å²) in [6, 6.07) is 11.1. The molecule has 0 spiro atoms. The summed E-state index contributed by atoms with van der Waals surface area (Å²) in [5.41, 5.74) is 3.34. The van der Waals surface area contributed by atoms with Gasteiger partial charge < -0.3 is 0 Å². The van der Waals surface area contributed by atoms with Crippen molar-refractivity contribution in [1.29, 1.82) is 0 Å². The van der Waals surface area contributed by atoms with E-state index in [1.54, 1.807) is 24.6 Å². The SMILES string of the molecule is Cc1cc(C)c(S(=O)(=O)Nc2ncn(Cc3cccc(Cl)c3)n2)c(C)c1. The standard InChI is InChI=1S/C18H19ClN4O2S/c1-12-7-13(2)17(14(3)8-12)26(24,25)22-18-20-11-23(21-18)10-15-5-4-6-16(19)9-15/h4-9,11H,10H2,1-3H3,(H,21,22). The molecule has 0 amide bonds. The molecule has 0 fully saturated rings. The maximum atomic E-state index is 12.7. The van der Waals surface area contributed by atoms with E-state index in [0.29, 0.717) is 22.7 Å². The number of benzene rings is 2. The Morgan fingerprint density at radius 2 is 1.81 bits per heavy atom. The lowest BCUT2D eigenvalue weighted by Crippen LogP contribution is -2.17. The summed E-state index contributed by atoms with van der Waals surface area (Å²) < 4.78 is 29.5. The van der Waals surface area contributed by atoms with Gasteiger partial charge in [0.15, 0.2) is 0 Å². The molecule has 0 unspecified atom stereocenters. The maximum absolute atomic E-state index is 12.7. The normalized spacial score (nSPS) is 11.5. The van der Waals surface area contributed by atoms with Gasteiger partial charge in [0.05, 0.1) is 11.4 Å². The van der Waals surface area contributed by atoms with Crippen LogP contribution in [0.4, 0.5) is 5.95 Å². The number of nitrogens with one attached hydrogen (secondary N) is 1. The van der Waals surface area contributed by atoms with Crippen LogP contribution in [0.5, 0.6) is 0 Å². The lowest BCUT2D eigenvalue weighted by atomic mass is 10.1. The molecule has 0 aliphatic carbocycles. The molecule has 0 aliphatic rings. The topological polar surface area (TPSA) is 76.9 Å². The van der Waals surface area contributed by atoms with Crippen LogP contribution in [-0.4, -0.2) is 23.2 Å². The molecule has 3 aromatic rings. The van der Waals surface area contributed by atoms with Gasteiger partial charge in [-0.2, -0.15) is 4.98 Å². The zero-order valence-corrected chi connectivity index (χ0v) is 16.3. The highest BCUT2D eigenvalue weighted by Crippen LogP contribution is 2.23. The quantitative estimate of drug-likeness (QED) is 0.720. The fraction of sp³-hybridized carbons (Fsp3) is 0.222. The van der Waals surface area contributed by atoms with E-state index in [1.807, 2.05) is 37.3 Å². The Balaban J connectivity index is 1.82. The van der Waals surface area contributed by atoms with Gasteiger partial charge >= 0.3 is 0 Å². The summed E-state index contributed by atoms with van der Waals surface area (Å²) in [7, 11) is -3.77. The van der Waals surface area contributed by atoms with Crippen LogP contribution in [0, 0.1) is 20.8 Å². The van der Waals surface area contributed by atoms with Crippen LogP contribution in [0.3, 0.4) is 0 Å². The first-order chi connectivity index (χ1) is 12.2. The van der Waals surface area contributed by atoms with E-state index >= 15 is 0 Å². The number of hydrogen-bond donors (Lipinski definition) is 1. The van der Waals surface area contributed by atoms with Gasteiger partial charge in [0.1, 0.15) is 6.33 Å². The second-order valence-corrected chi connectivity index (χ2v) is 8.28. The lowest BCUT2D eigenvalue weighted by Gasteiger charge is -2.12. The molecule has 1 heterocycles. The summed E-state index contributed by atoms with van der Waals surface area (Å²) in [6.07, 6.45) is 1.48. The average molecular weight is 391 g/mol. The Hall–Kier alpha value is -2.38. The third-order valence-electron chi connectivity index (χ3n) is 3.87. The highest BCUT2D eigenvalue weighted by Gasteiger charge is 2.21. The first kappa shape index (κ1) is 18.4. The Morgan fingerprint density at radius 3 is 2.46 bits per heavy atom. The van der Waals surface area contributed by atoms with Crippen molar-refractivity contribution in [1.82, 2.24) is 14.8 Å². The molecule has 0 radical (unpaired) electrons. The van der Waals surface area contributed by atoms with Crippen molar-refractivity contribution in [3.05, 3.63) is 70.0 Å². The smallest absolute Gasteiger partial charge is 0.246 e. The highest BCUT2D eigenvalue weighted by molar-refractivity contribution is 7.92. The maximum Gasteiger partial charge on any atom is 0.264 e. The van der Waals surface area contributed by atoms with E-state index in [9.17, 15) is 8.42 Å².